The second-order valence-corrected chi connectivity index (χ2v) is 15.8. The third-order valence-corrected chi connectivity index (χ3v) is 12.1. The summed E-state index contributed by atoms with van der Waals surface area (Å²) in [6, 6.07) is 58.9. The molecule has 0 radical (unpaired) electrons. The van der Waals surface area contributed by atoms with Crippen LogP contribution in [0.3, 0.4) is 0 Å². The molecular formula is C60H45NO. The first-order valence-corrected chi connectivity index (χ1v) is 21.2. The summed E-state index contributed by atoms with van der Waals surface area (Å²) in [5.74, 6) is 0. The summed E-state index contributed by atoms with van der Waals surface area (Å²) in [4.78, 5) is 2.50. The Hall–Kier alpha value is -7.94. The Morgan fingerprint density at radius 2 is 1.31 bits per heavy atom. The molecule has 0 amide bonds. The van der Waals surface area contributed by atoms with Crippen molar-refractivity contribution in [1.82, 2.24) is 0 Å². The summed E-state index contributed by atoms with van der Waals surface area (Å²) in [7, 11) is 0. The predicted molar refractivity (Wildman–Crippen MR) is 267 cm³/mol. The maximum atomic E-state index is 6.53. The number of rotatable bonds is 10. The average Bonchev–Trinajstić information content (AvgIpc) is 3.71. The van der Waals surface area contributed by atoms with Crippen LogP contribution < -0.4 is 15.3 Å². The summed E-state index contributed by atoms with van der Waals surface area (Å²) >= 11 is 0. The van der Waals surface area contributed by atoms with Crippen LogP contribution in [0.2, 0.25) is 0 Å². The van der Waals surface area contributed by atoms with Crippen LogP contribution in [0.4, 0.5) is 11.4 Å². The van der Waals surface area contributed by atoms with E-state index in [9.17, 15) is 0 Å². The third kappa shape index (κ3) is 7.12. The molecule has 1 aliphatic carbocycles. The standard InChI is InChI=1S/C60H45NO/c1-4-13-42(6-3)43-23-25-44(26-24-43)45-29-35-51(36-30-45)61(50-33-21-41(22-34-50)39-48-28-27-46-15-7-9-17-53(46)52(48)14-5-2)58-20-12-11-18-54(58)49-32-38-59-57(40-49)56-37-31-47-16-8-10-19-55(47)60(56)62-59/h4-33,35-40,50H,1-3,34H2/b42-13+,48-39+,52-14+. The van der Waals surface area contributed by atoms with E-state index in [1.165, 1.54) is 32.2 Å². The van der Waals surface area contributed by atoms with E-state index in [2.05, 4.69) is 219 Å². The molecule has 1 aliphatic rings. The summed E-state index contributed by atoms with van der Waals surface area (Å²) < 4.78 is 6.53. The van der Waals surface area contributed by atoms with Crippen molar-refractivity contribution in [2.75, 3.05) is 4.90 Å². The molecule has 0 fully saturated rings. The number of hydrogen-bond donors (Lipinski definition) is 0. The van der Waals surface area contributed by atoms with Crippen molar-refractivity contribution in [3.8, 4) is 22.3 Å². The topological polar surface area (TPSA) is 16.4 Å². The number of benzene rings is 8. The zero-order valence-corrected chi connectivity index (χ0v) is 34.5. The van der Waals surface area contributed by atoms with Gasteiger partial charge >= 0.3 is 0 Å². The van der Waals surface area contributed by atoms with E-state index in [0.29, 0.717) is 0 Å². The highest BCUT2D eigenvalue weighted by atomic mass is 16.3. The zero-order chi connectivity index (χ0) is 42.0. The van der Waals surface area contributed by atoms with Gasteiger partial charge < -0.3 is 9.32 Å². The maximum Gasteiger partial charge on any atom is 0.143 e. The lowest BCUT2D eigenvalue weighted by Gasteiger charge is -2.34. The summed E-state index contributed by atoms with van der Waals surface area (Å²) in [6.45, 7) is 11.9. The Kier molecular flexibility index (Phi) is 10.3. The van der Waals surface area contributed by atoms with Gasteiger partial charge in [0.1, 0.15) is 11.2 Å². The van der Waals surface area contributed by atoms with Crippen molar-refractivity contribution < 1.29 is 4.42 Å². The summed E-state index contributed by atoms with van der Waals surface area (Å²) in [5, 5.41) is 9.35. The summed E-state index contributed by atoms with van der Waals surface area (Å²) in [5.41, 5.74) is 12.0. The fourth-order valence-electron chi connectivity index (χ4n) is 9.03. The molecule has 2 heteroatoms. The van der Waals surface area contributed by atoms with Gasteiger partial charge in [0.15, 0.2) is 0 Å². The van der Waals surface area contributed by atoms with E-state index in [-0.39, 0.29) is 6.04 Å². The van der Waals surface area contributed by atoms with Crippen LogP contribution in [0.5, 0.6) is 0 Å². The molecule has 62 heavy (non-hydrogen) atoms. The van der Waals surface area contributed by atoms with Gasteiger partial charge in [-0.25, -0.2) is 0 Å². The zero-order valence-electron chi connectivity index (χ0n) is 34.5. The van der Waals surface area contributed by atoms with Crippen molar-refractivity contribution >= 4 is 72.6 Å². The molecule has 1 heterocycles. The highest BCUT2D eigenvalue weighted by molar-refractivity contribution is 6.15. The van der Waals surface area contributed by atoms with E-state index in [0.717, 1.165) is 78.5 Å². The minimum Gasteiger partial charge on any atom is -0.455 e. The first-order chi connectivity index (χ1) is 30.6. The highest BCUT2D eigenvalue weighted by Crippen LogP contribution is 2.42. The first-order valence-electron chi connectivity index (χ1n) is 21.2. The van der Waals surface area contributed by atoms with Crippen LogP contribution >= 0.6 is 0 Å². The lowest BCUT2D eigenvalue weighted by atomic mass is 9.95. The van der Waals surface area contributed by atoms with Gasteiger partial charge in [-0.3, -0.25) is 0 Å². The Morgan fingerprint density at radius 1 is 0.613 bits per heavy atom. The van der Waals surface area contributed by atoms with Gasteiger partial charge in [0.25, 0.3) is 0 Å². The number of furan rings is 1. The minimum atomic E-state index is 0.0630. The van der Waals surface area contributed by atoms with Crippen LogP contribution in [-0.4, -0.2) is 6.04 Å². The molecule has 0 N–H and O–H groups in total. The van der Waals surface area contributed by atoms with Crippen LogP contribution in [0, 0.1) is 0 Å². The molecule has 1 aromatic heterocycles. The quantitative estimate of drug-likeness (QED) is 0.128. The second kappa shape index (κ2) is 16.6. The van der Waals surface area contributed by atoms with Crippen LogP contribution in [-0.2, 0) is 0 Å². The molecule has 0 aliphatic heterocycles. The largest absolute Gasteiger partial charge is 0.455 e. The highest BCUT2D eigenvalue weighted by Gasteiger charge is 2.24. The summed E-state index contributed by atoms with van der Waals surface area (Å²) in [6.07, 6.45) is 19.8. The van der Waals surface area contributed by atoms with E-state index in [1.807, 2.05) is 18.2 Å². The molecule has 0 saturated carbocycles. The van der Waals surface area contributed by atoms with Gasteiger partial charge in [0.2, 0.25) is 0 Å². The molecule has 9 aromatic rings. The smallest absolute Gasteiger partial charge is 0.143 e. The average molecular weight is 796 g/mol. The number of fused-ring (bicyclic) bond motifs is 6. The Labute approximate surface area is 362 Å². The van der Waals surface area contributed by atoms with Crippen molar-refractivity contribution in [3.05, 3.63) is 248 Å². The normalized spacial score (nSPS) is 14.7. The number of nitrogens with zero attached hydrogens (tertiary/aromatic N) is 1. The van der Waals surface area contributed by atoms with Gasteiger partial charge in [-0.1, -0.05) is 196 Å². The first kappa shape index (κ1) is 38.3. The maximum absolute atomic E-state index is 6.53. The number of anilines is 2. The Balaban J connectivity index is 1.06. The van der Waals surface area contributed by atoms with Gasteiger partial charge in [0.05, 0.1) is 6.04 Å². The molecule has 0 spiro atoms. The van der Waals surface area contributed by atoms with E-state index >= 15 is 0 Å². The van der Waals surface area contributed by atoms with Crippen molar-refractivity contribution in [1.29, 1.82) is 0 Å². The number of para-hydroxylation sites is 1. The van der Waals surface area contributed by atoms with Crippen molar-refractivity contribution in [3.63, 3.8) is 0 Å². The van der Waals surface area contributed by atoms with Gasteiger partial charge in [-0.05, 0) is 109 Å². The van der Waals surface area contributed by atoms with E-state index in [4.69, 9.17) is 4.42 Å². The molecule has 1 unspecified atom stereocenters. The number of hydrogen-bond acceptors (Lipinski definition) is 2. The Bertz CT molecular complexity index is 3430. The van der Waals surface area contributed by atoms with E-state index in [1.54, 1.807) is 6.08 Å². The molecule has 1 atom stereocenters. The van der Waals surface area contributed by atoms with Gasteiger partial charge in [0, 0.05) is 33.1 Å². The molecular weight excluding hydrogens is 751 g/mol. The minimum absolute atomic E-state index is 0.0630. The second-order valence-electron chi connectivity index (χ2n) is 15.8. The van der Waals surface area contributed by atoms with Gasteiger partial charge in [-0.2, -0.15) is 0 Å². The lowest BCUT2D eigenvalue weighted by Crippen LogP contribution is -2.31. The third-order valence-electron chi connectivity index (χ3n) is 12.1. The fraction of sp³-hybridized carbons (Fsp3) is 0.0333. The van der Waals surface area contributed by atoms with Crippen molar-refractivity contribution in [2.24, 2.45) is 0 Å². The SMILES string of the molecule is C=C/C=c1\c(=C\C2=CCC(N(c3ccc(-c4ccc(/C(C=C)=C/C=C)cc4)cc3)c3ccccc3-c3ccc4oc5c6ccccc6ccc5c4c3)C=C2)ccc2ccccc12. The molecule has 0 bridgehead atoms. The monoisotopic (exact) mass is 795 g/mol. The molecule has 2 nitrogen and oxygen atoms in total. The van der Waals surface area contributed by atoms with Crippen LogP contribution in [0.1, 0.15) is 12.0 Å². The van der Waals surface area contributed by atoms with Crippen molar-refractivity contribution in [2.45, 2.75) is 12.5 Å². The van der Waals surface area contributed by atoms with Crippen LogP contribution in [0.25, 0.3) is 83.5 Å². The predicted octanol–water partition coefficient (Wildman–Crippen LogP) is 14.8. The van der Waals surface area contributed by atoms with E-state index < -0.39 is 0 Å². The molecule has 10 rings (SSSR count). The number of allylic oxidation sites excluding steroid dienone is 7. The molecule has 8 aromatic carbocycles. The molecule has 0 saturated heterocycles. The Morgan fingerprint density at radius 3 is 2.05 bits per heavy atom. The fourth-order valence-corrected chi connectivity index (χ4v) is 9.03. The van der Waals surface area contributed by atoms with Crippen LogP contribution in [0.15, 0.2) is 236 Å². The molecule has 296 valence electrons. The lowest BCUT2D eigenvalue weighted by molar-refractivity contribution is 0.672. The van der Waals surface area contributed by atoms with Gasteiger partial charge in [-0.15, -0.1) is 0 Å².